The topological polar surface area (TPSA) is 70.2 Å². The van der Waals surface area contributed by atoms with Gasteiger partial charge in [0.25, 0.3) is 5.91 Å². The molecule has 1 saturated carbocycles. The lowest BCUT2D eigenvalue weighted by atomic mass is 10.2. The normalized spacial score (nSPS) is 14.0. The van der Waals surface area contributed by atoms with Gasteiger partial charge in [-0.25, -0.2) is 0 Å². The fraction of sp³-hybridized carbons (Fsp3) is 0.500. The SMILES string of the molecule is CC(C)NCCC(=O)Nc1cccc(C(=O)NC2CC2)c1. The third kappa shape index (κ3) is 5.55. The average Bonchev–Trinajstić information content (AvgIpc) is 3.22. The van der Waals surface area contributed by atoms with Crippen molar-refractivity contribution in [2.24, 2.45) is 0 Å². The molecule has 3 N–H and O–H groups in total. The number of hydrogen-bond donors (Lipinski definition) is 3. The van der Waals surface area contributed by atoms with Gasteiger partial charge >= 0.3 is 0 Å². The second-order valence-electron chi connectivity index (χ2n) is 5.74. The van der Waals surface area contributed by atoms with Crippen LogP contribution in [0.4, 0.5) is 5.69 Å². The van der Waals surface area contributed by atoms with Crippen molar-refractivity contribution in [1.29, 1.82) is 0 Å². The minimum absolute atomic E-state index is 0.0529. The Hall–Kier alpha value is -1.88. The molecular weight excluding hydrogens is 266 g/mol. The predicted octanol–water partition coefficient (Wildman–Crippen LogP) is 1.91. The van der Waals surface area contributed by atoms with E-state index in [1.807, 2.05) is 13.8 Å². The maximum atomic E-state index is 11.9. The third-order valence-corrected chi connectivity index (χ3v) is 3.23. The van der Waals surface area contributed by atoms with E-state index in [4.69, 9.17) is 0 Å². The molecule has 0 heterocycles. The van der Waals surface area contributed by atoms with Crippen LogP contribution in [0.2, 0.25) is 0 Å². The van der Waals surface area contributed by atoms with Crippen molar-refractivity contribution in [2.45, 2.75) is 45.2 Å². The number of rotatable bonds is 7. The maximum absolute atomic E-state index is 11.9. The highest BCUT2D eigenvalue weighted by molar-refractivity contribution is 5.97. The number of carbonyl (C=O) groups is 2. The van der Waals surface area contributed by atoms with Crippen molar-refractivity contribution in [3.63, 3.8) is 0 Å². The molecule has 0 unspecified atom stereocenters. The summed E-state index contributed by atoms with van der Waals surface area (Å²) in [6, 6.07) is 7.75. The van der Waals surface area contributed by atoms with Crippen molar-refractivity contribution in [1.82, 2.24) is 10.6 Å². The molecule has 21 heavy (non-hydrogen) atoms. The van der Waals surface area contributed by atoms with E-state index in [2.05, 4.69) is 16.0 Å². The summed E-state index contributed by atoms with van der Waals surface area (Å²) in [7, 11) is 0. The van der Waals surface area contributed by atoms with Gasteiger partial charge in [-0.05, 0) is 31.0 Å². The predicted molar refractivity (Wildman–Crippen MR) is 83.3 cm³/mol. The Bertz CT molecular complexity index is 510. The number of anilines is 1. The Balaban J connectivity index is 1.85. The van der Waals surface area contributed by atoms with Crippen molar-refractivity contribution in [3.05, 3.63) is 29.8 Å². The van der Waals surface area contributed by atoms with Crippen LogP contribution in [-0.4, -0.2) is 30.4 Å². The molecule has 114 valence electrons. The van der Waals surface area contributed by atoms with Crippen LogP contribution in [0.15, 0.2) is 24.3 Å². The van der Waals surface area contributed by atoms with E-state index in [9.17, 15) is 9.59 Å². The van der Waals surface area contributed by atoms with E-state index in [0.717, 1.165) is 12.8 Å². The van der Waals surface area contributed by atoms with Gasteiger partial charge < -0.3 is 16.0 Å². The molecule has 5 heteroatoms. The molecule has 0 aromatic heterocycles. The van der Waals surface area contributed by atoms with Crippen molar-refractivity contribution in [3.8, 4) is 0 Å². The maximum Gasteiger partial charge on any atom is 0.251 e. The van der Waals surface area contributed by atoms with Gasteiger partial charge in [-0.3, -0.25) is 9.59 Å². The Kier molecular flexibility index (Phi) is 5.33. The lowest BCUT2D eigenvalue weighted by molar-refractivity contribution is -0.116. The molecule has 1 fully saturated rings. The van der Waals surface area contributed by atoms with Crippen LogP contribution in [0, 0.1) is 0 Å². The zero-order chi connectivity index (χ0) is 15.2. The standard InChI is InChI=1S/C16H23N3O2/c1-11(2)17-9-8-15(20)18-14-5-3-4-12(10-14)16(21)19-13-6-7-13/h3-5,10-11,13,17H,6-9H2,1-2H3,(H,18,20)(H,19,21). The van der Waals surface area contributed by atoms with Crippen LogP contribution >= 0.6 is 0 Å². The first kappa shape index (κ1) is 15.5. The summed E-state index contributed by atoms with van der Waals surface area (Å²) < 4.78 is 0. The zero-order valence-corrected chi connectivity index (χ0v) is 12.6. The number of amides is 2. The molecule has 2 rings (SSSR count). The second kappa shape index (κ2) is 7.22. The molecule has 0 atom stereocenters. The first-order valence-electron chi connectivity index (χ1n) is 7.49. The summed E-state index contributed by atoms with van der Waals surface area (Å²) in [5, 5.41) is 8.95. The van der Waals surface area contributed by atoms with Gasteiger partial charge in [0.1, 0.15) is 0 Å². The summed E-state index contributed by atoms with van der Waals surface area (Å²) in [5.41, 5.74) is 1.24. The molecule has 0 saturated heterocycles. The van der Waals surface area contributed by atoms with Crippen LogP contribution in [-0.2, 0) is 4.79 Å². The van der Waals surface area contributed by atoms with Crippen LogP contribution < -0.4 is 16.0 Å². The fourth-order valence-corrected chi connectivity index (χ4v) is 1.93. The van der Waals surface area contributed by atoms with E-state index in [1.165, 1.54) is 0 Å². The highest BCUT2D eigenvalue weighted by Gasteiger charge is 2.23. The Labute approximate surface area is 125 Å². The minimum atomic E-state index is -0.0740. The number of carbonyl (C=O) groups excluding carboxylic acids is 2. The second-order valence-corrected chi connectivity index (χ2v) is 5.74. The van der Waals surface area contributed by atoms with Crippen molar-refractivity contribution in [2.75, 3.05) is 11.9 Å². The van der Waals surface area contributed by atoms with Gasteiger partial charge in [-0.2, -0.15) is 0 Å². The molecule has 0 spiro atoms. The van der Waals surface area contributed by atoms with Crippen molar-refractivity contribution >= 4 is 17.5 Å². The van der Waals surface area contributed by atoms with Gasteiger partial charge in [-0.15, -0.1) is 0 Å². The molecule has 2 amide bonds. The highest BCUT2D eigenvalue weighted by atomic mass is 16.2. The van der Waals surface area contributed by atoms with Crippen LogP contribution in [0.5, 0.6) is 0 Å². The van der Waals surface area contributed by atoms with E-state index in [0.29, 0.717) is 36.3 Å². The van der Waals surface area contributed by atoms with Crippen LogP contribution in [0.1, 0.15) is 43.5 Å². The highest BCUT2D eigenvalue weighted by Crippen LogP contribution is 2.20. The van der Waals surface area contributed by atoms with Gasteiger partial charge in [0, 0.05) is 36.3 Å². The number of hydrogen-bond acceptors (Lipinski definition) is 3. The Morgan fingerprint density at radius 1 is 1.29 bits per heavy atom. The van der Waals surface area contributed by atoms with Crippen LogP contribution in [0.3, 0.4) is 0 Å². The van der Waals surface area contributed by atoms with E-state index >= 15 is 0 Å². The Morgan fingerprint density at radius 2 is 2.05 bits per heavy atom. The largest absolute Gasteiger partial charge is 0.349 e. The van der Waals surface area contributed by atoms with Gasteiger partial charge in [0.15, 0.2) is 0 Å². The molecule has 0 radical (unpaired) electrons. The monoisotopic (exact) mass is 289 g/mol. The van der Waals surface area contributed by atoms with Gasteiger partial charge in [0.05, 0.1) is 0 Å². The summed E-state index contributed by atoms with van der Waals surface area (Å²) in [4.78, 5) is 23.8. The molecule has 1 aromatic carbocycles. The first-order chi connectivity index (χ1) is 10.0. The van der Waals surface area contributed by atoms with Gasteiger partial charge in [0.2, 0.25) is 5.91 Å². The molecule has 0 aliphatic heterocycles. The molecule has 1 aliphatic carbocycles. The molecule has 0 bridgehead atoms. The quantitative estimate of drug-likeness (QED) is 0.718. The summed E-state index contributed by atoms with van der Waals surface area (Å²) in [6.45, 7) is 4.73. The first-order valence-corrected chi connectivity index (χ1v) is 7.49. The Morgan fingerprint density at radius 3 is 2.71 bits per heavy atom. The van der Waals surface area contributed by atoms with Crippen molar-refractivity contribution < 1.29 is 9.59 Å². The lowest BCUT2D eigenvalue weighted by Crippen LogP contribution is -2.27. The van der Waals surface area contributed by atoms with E-state index in [-0.39, 0.29) is 11.8 Å². The molecular formula is C16H23N3O2. The van der Waals surface area contributed by atoms with Gasteiger partial charge in [-0.1, -0.05) is 19.9 Å². The third-order valence-electron chi connectivity index (χ3n) is 3.23. The zero-order valence-electron chi connectivity index (χ0n) is 12.6. The minimum Gasteiger partial charge on any atom is -0.349 e. The number of nitrogens with one attached hydrogen (secondary N) is 3. The summed E-state index contributed by atoms with van der Waals surface area (Å²) in [6.07, 6.45) is 2.53. The smallest absolute Gasteiger partial charge is 0.251 e. The fourth-order valence-electron chi connectivity index (χ4n) is 1.93. The molecule has 1 aromatic rings. The molecule has 1 aliphatic rings. The summed E-state index contributed by atoms with van der Waals surface area (Å²) >= 11 is 0. The number of benzene rings is 1. The lowest BCUT2D eigenvalue weighted by Gasteiger charge is -2.09. The van der Waals surface area contributed by atoms with E-state index < -0.39 is 0 Å². The summed E-state index contributed by atoms with van der Waals surface area (Å²) in [5.74, 6) is -0.127. The van der Waals surface area contributed by atoms with Crippen LogP contribution in [0.25, 0.3) is 0 Å². The molecule has 5 nitrogen and oxygen atoms in total. The van der Waals surface area contributed by atoms with E-state index in [1.54, 1.807) is 24.3 Å². The average molecular weight is 289 g/mol.